The van der Waals surface area contributed by atoms with Crippen LogP contribution in [0, 0.1) is 18.3 Å². The van der Waals surface area contributed by atoms with Gasteiger partial charge in [-0.15, -0.1) is 0 Å². The number of rotatable bonds is 4. The van der Waals surface area contributed by atoms with Gasteiger partial charge in [-0.2, -0.15) is 5.26 Å². The Kier molecular flexibility index (Phi) is 4.88. The number of hydrogen-bond acceptors (Lipinski definition) is 5. The van der Waals surface area contributed by atoms with Crippen LogP contribution in [0.2, 0.25) is 0 Å². The van der Waals surface area contributed by atoms with E-state index in [1.54, 1.807) is 23.0 Å². The van der Waals surface area contributed by atoms with Gasteiger partial charge in [0, 0.05) is 30.7 Å². The van der Waals surface area contributed by atoms with Crippen molar-refractivity contribution in [3.63, 3.8) is 0 Å². The van der Waals surface area contributed by atoms with Crippen LogP contribution in [0.5, 0.6) is 5.75 Å². The monoisotopic (exact) mass is 384 g/mol. The fourth-order valence-electron chi connectivity index (χ4n) is 3.73. The normalized spacial score (nSPS) is 15.4. The summed E-state index contributed by atoms with van der Waals surface area (Å²) < 4.78 is 7.40. The molecule has 3 aromatic rings. The molecule has 0 radical (unpaired) electrons. The maximum absolute atomic E-state index is 13.5. The molecule has 3 heterocycles. The summed E-state index contributed by atoms with van der Waals surface area (Å²) in [4.78, 5) is 17.6. The first-order valence-electron chi connectivity index (χ1n) is 9.36. The van der Waals surface area contributed by atoms with E-state index in [2.05, 4.69) is 11.1 Å². The molecule has 0 saturated carbocycles. The molecule has 6 heteroatoms. The van der Waals surface area contributed by atoms with Gasteiger partial charge in [0.2, 0.25) is 5.88 Å². The average molecular weight is 384 g/mol. The van der Waals surface area contributed by atoms with Gasteiger partial charge in [-0.25, -0.2) is 0 Å². The molecular formula is C23H20N4O2. The van der Waals surface area contributed by atoms with Crippen LogP contribution in [-0.4, -0.2) is 9.55 Å². The van der Waals surface area contributed by atoms with Crippen LogP contribution < -0.4 is 16.0 Å². The van der Waals surface area contributed by atoms with Crippen molar-refractivity contribution in [1.29, 1.82) is 5.26 Å². The van der Waals surface area contributed by atoms with E-state index in [0.717, 1.165) is 23.2 Å². The van der Waals surface area contributed by atoms with Crippen LogP contribution in [0.4, 0.5) is 0 Å². The van der Waals surface area contributed by atoms with E-state index in [-0.39, 0.29) is 17.0 Å². The topological polar surface area (TPSA) is 93.9 Å². The highest BCUT2D eigenvalue weighted by Crippen LogP contribution is 2.40. The number of aromatic nitrogens is 2. The van der Waals surface area contributed by atoms with E-state index in [0.29, 0.717) is 17.9 Å². The molecule has 2 aromatic heterocycles. The smallest absolute Gasteiger partial charge is 0.258 e. The number of fused-ring (bicyclic) bond motifs is 1. The molecule has 1 aromatic carbocycles. The molecule has 1 aliphatic heterocycles. The second kappa shape index (κ2) is 7.64. The summed E-state index contributed by atoms with van der Waals surface area (Å²) in [6.45, 7) is 2.40. The number of nitrogens with zero attached hydrogens (tertiary/aromatic N) is 3. The van der Waals surface area contributed by atoms with Crippen LogP contribution >= 0.6 is 0 Å². The molecule has 29 heavy (non-hydrogen) atoms. The molecule has 6 nitrogen and oxygen atoms in total. The number of pyridine rings is 2. The Morgan fingerprint density at radius 3 is 2.72 bits per heavy atom. The predicted octanol–water partition coefficient (Wildman–Crippen LogP) is 3.01. The summed E-state index contributed by atoms with van der Waals surface area (Å²) in [6, 6.07) is 17.6. The van der Waals surface area contributed by atoms with Gasteiger partial charge >= 0.3 is 0 Å². The zero-order chi connectivity index (χ0) is 20.4. The lowest BCUT2D eigenvalue weighted by Crippen LogP contribution is -2.33. The highest BCUT2D eigenvalue weighted by Gasteiger charge is 2.34. The van der Waals surface area contributed by atoms with Crippen LogP contribution in [0.25, 0.3) is 0 Å². The summed E-state index contributed by atoms with van der Waals surface area (Å²) in [7, 11) is 0. The molecule has 1 atom stereocenters. The third-order valence-electron chi connectivity index (χ3n) is 5.17. The zero-order valence-corrected chi connectivity index (χ0v) is 16.0. The lowest BCUT2D eigenvalue weighted by atomic mass is 9.85. The zero-order valence-electron chi connectivity index (χ0n) is 16.0. The molecular weight excluding hydrogens is 364 g/mol. The number of nitrogens with two attached hydrogens (primary N) is 1. The van der Waals surface area contributed by atoms with Crippen molar-refractivity contribution in [1.82, 2.24) is 9.55 Å². The van der Waals surface area contributed by atoms with Gasteiger partial charge in [-0.3, -0.25) is 9.78 Å². The van der Waals surface area contributed by atoms with Crippen molar-refractivity contribution in [2.45, 2.75) is 25.8 Å². The molecule has 0 spiro atoms. The SMILES string of the molecule is Cc1cc2c(c(=O)n1CCc1ccccc1)C(c1cccnc1)C(C#N)=C(N)O2. The molecule has 1 aliphatic rings. The van der Waals surface area contributed by atoms with E-state index < -0.39 is 5.92 Å². The van der Waals surface area contributed by atoms with Crippen molar-refractivity contribution in [3.05, 3.63) is 105 Å². The van der Waals surface area contributed by atoms with Crippen LogP contribution in [0.3, 0.4) is 0 Å². The van der Waals surface area contributed by atoms with E-state index >= 15 is 0 Å². The van der Waals surface area contributed by atoms with Crippen LogP contribution in [0.15, 0.2) is 77.2 Å². The van der Waals surface area contributed by atoms with Crippen molar-refractivity contribution >= 4 is 0 Å². The Labute approximate surface area is 168 Å². The maximum Gasteiger partial charge on any atom is 0.258 e. The van der Waals surface area contributed by atoms with E-state index in [1.807, 2.05) is 49.4 Å². The quantitative estimate of drug-likeness (QED) is 0.746. The molecule has 0 amide bonds. The molecule has 0 fully saturated rings. The number of aryl methyl sites for hydroxylation is 2. The summed E-state index contributed by atoms with van der Waals surface area (Å²) in [5.74, 6) is -0.183. The first-order chi connectivity index (χ1) is 14.1. The lowest BCUT2D eigenvalue weighted by Gasteiger charge is -2.27. The van der Waals surface area contributed by atoms with Gasteiger partial charge in [0.25, 0.3) is 5.56 Å². The second-order valence-electron chi connectivity index (χ2n) is 6.97. The Morgan fingerprint density at radius 1 is 1.24 bits per heavy atom. The Morgan fingerprint density at radius 2 is 2.03 bits per heavy atom. The van der Waals surface area contributed by atoms with Crippen molar-refractivity contribution < 1.29 is 4.74 Å². The summed E-state index contributed by atoms with van der Waals surface area (Å²) in [5, 5.41) is 9.69. The van der Waals surface area contributed by atoms with Gasteiger partial charge in [-0.05, 0) is 30.5 Å². The maximum atomic E-state index is 13.5. The first kappa shape index (κ1) is 18.5. The molecule has 0 bridgehead atoms. The number of nitriles is 1. The highest BCUT2D eigenvalue weighted by molar-refractivity contribution is 5.54. The Balaban J connectivity index is 1.83. The lowest BCUT2D eigenvalue weighted by molar-refractivity contribution is 0.388. The molecule has 2 N–H and O–H groups in total. The van der Waals surface area contributed by atoms with E-state index in [4.69, 9.17) is 10.5 Å². The average Bonchev–Trinajstić information content (AvgIpc) is 2.74. The standard InChI is InChI=1S/C23H20N4O2/c1-15-12-19-21(23(28)27(15)11-9-16-6-3-2-4-7-16)20(17-8-5-10-26-14-17)18(13-24)22(25)29-19/h2-8,10,12,14,20H,9,11,25H2,1H3. The third-order valence-corrected chi connectivity index (χ3v) is 5.17. The van der Waals surface area contributed by atoms with Crippen molar-refractivity contribution in [2.75, 3.05) is 0 Å². The second-order valence-corrected chi connectivity index (χ2v) is 6.97. The fraction of sp³-hybridized carbons (Fsp3) is 0.174. The molecule has 0 aliphatic carbocycles. The van der Waals surface area contributed by atoms with Crippen molar-refractivity contribution in [2.24, 2.45) is 5.73 Å². The van der Waals surface area contributed by atoms with E-state index in [1.165, 1.54) is 0 Å². The van der Waals surface area contributed by atoms with Crippen LogP contribution in [0.1, 0.15) is 28.3 Å². The summed E-state index contributed by atoms with van der Waals surface area (Å²) in [6.07, 6.45) is 4.02. The van der Waals surface area contributed by atoms with Crippen molar-refractivity contribution in [3.8, 4) is 11.8 Å². The molecule has 4 rings (SSSR count). The van der Waals surface area contributed by atoms with Gasteiger partial charge in [0.1, 0.15) is 17.4 Å². The Bertz CT molecular complexity index is 1180. The largest absolute Gasteiger partial charge is 0.440 e. The minimum absolute atomic E-state index is 0.0229. The Hall–Kier alpha value is -3.85. The summed E-state index contributed by atoms with van der Waals surface area (Å²) >= 11 is 0. The van der Waals surface area contributed by atoms with Crippen LogP contribution in [-0.2, 0) is 13.0 Å². The highest BCUT2D eigenvalue weighted by atomic mass is 16.5. The number of benzene rings is 1. The van der Waals surface area contributed by atoms with Gasteiger partial charge in [0.15, 0.2) is 0 Å². The third kappa shape index (κ3) is 3.39. The first-order valence-corrected chi connectivity index (χ1v) is 9.36. The number of allylic oxidation sites excluding steroid dienone is 1. The molecule has 0 saturated heterocycles. The number of ether oxygens (including phenoxy) is 1. The molecule has 1 unspecified atom stereocenters. The summed E-state index contributed by atoms with van der Waals surface area (Å²) in [5.41, 5.74) is 9.14. The predicted molar refractivity (Wildman–Crippen MR) is 109 cm³/mol. The minimum atomic E-state index is -0.603. The van der Waals surface area contributed by atoms with Gasteiger partial charge in [-0.1, -0.05) is 36.4 Å². The molecule has 144 valence electrons. The van der Waals surface area contributed by atoms with Gasteiger partial charge < -0.3 is 15.0 Å². The van der Waals surface area contributed by atoms with Gasteiger partial charge in [0.05, 0.1) is 11.5 Å². The minimum Gasteiger partial charge on any atom is -0.440 e. The number of hydrogen-bond donors (Lipinski definition) is 1. The van der Waals surface area contributed by atoms with E-state index in [9.17, 15) is 10.1 Å². The fourth-order valence-corrected chi connectivity index (χ4v) is 3.73.